The lowest BCUT2D eigenvalue weighted by Gasteiger charge is -2.19. The quantitative estimate of drug-likeness (QED) is 0.313. The van der Waals surface area contributed by atoms with Gasteiger partial charge in [0.25, 0.3) is 0 Å². The first-order chi connectivity index (χ1) is 14.3. The molecule has 0 bridgehead atoms. The van der Waals surface area contributed by atoms with Gasteiger partial charge in [0, 0.05) is 45.7 Å². The summed E-state index contributed by atoms with van der Waals surface area (Å²) >= 11 is 0. The number of rotatable bonds is 9. The normalized spacial score (nSPS) is 14.2. The maximum absolute atomic E-state index is 12.3. The Balaban J connectivity index is 1.68. The lowest BCUT2D eigenvalue weighted by Crippen LogP contribution is -2.39. The standard InChI is InChI=1S/C20H37N7O3/c1-5-21-17(22-11-8-12-24-18(28)30-20(2,3)4)23-13-9-15-27-19(29)26-14-7-6-10-16(26)25-27/h5-15H2,1-4H3,(H,24,28)(H2,21,22,23). The van der Waals surface area contributed by atoms with Crippen molar-refractivity contribution in [2.45, 2.75) is 78.5 Å². The Bertz CT molecular complexity index is 761. The molecular formula is C20H37N7O3. The highest BCUT2D eigenvalue weighted by Gasteiger charge is 2.16. The third-order valence-corrected chi connectivity index (χ3v) is 4.49. The number of nitrogens with zero attached hydrogens (tertiary/aromatic N) is 4. The van der Waals surface area contributed by atoms with Crippen LogP contribution >= 0.6 is 0 Å². The summed E-state index contributed by atoms with van der Waals surface area (Å²) < 4.78 is 8.57. The summed E-state index contributed by atoms with van der Waals surface area (Å²) in [5.41, 5.74) is -0.495. The number of fused-ring (bicyclic) bond motifs is 1. The zero-order valence-corrected chi connectivity index (χ0v) is 18.8. The molecule has 0 spiro atoms. The smallest absolute Gasteiger partial charge is 0.407 e. The Morgan fingerprint density at radius 1 is 1.17 bits per heavy atom. The van der Waals surface area contributed by atoms with Crippen molar-refractivity contribution in [1.82, 2.24) is 30.3 Å². The number of aromatic nitrogens is 3. The summed E-state index contributed by atoms with van der Waals surface area (Å²) in [4.78, 5) is 28.5. The molecule has 30 heavy (non-hydrogen) atoms. The van der Waals surface area contributed by atoms with E-state index in [4.69, 9.17) is 4.74 Å². The molecule has 0 saturated heterocycles. The van der Waals surface area contributed by atoms with Crippen LogP contribution in [0.2, 0.25) is 0 Å². The van der Waals surface area contributed by atoms with Gasteiger partial charge in [-0.25, -0.2) is 14.3 Å². The summed E-state index contributed by atoms with van der Waals surface area (Å²) in [5.74, 6) is 1.64. The van der Waals surface area contributed by atoms with E-state index in [-0.39, 0.29) is 5.69 Å². The van der Waals surface area contributed by atoms with Crippen LogP contribution in [0.5, 0.6) is 0 Å². The molecule has 0 radical (unpaired) electrons. The molecule has 1 amide bonds. The van der Waals surface area contributed by atoms with E-state index in [1.807, 2.05) is 27.7 Å². The molecule has 0 atom stereocenters. The molecule has 0 unspecified atom stereocenters. The molecule has 0 saturated carbocycles. The van der Waals surface area contributed by atoms with Gasteiger partial charge < -0.3 is 20.7 Å². The molecule has 1 aromatic rings. The Morgan fingerprint density at radius 2 is 1.93 bits per heavy atom. The summed E-state index contributed by atoms with van der Waals surface area (Å²) in [7, 11) is 0. The van der Waals surface area contributed by atoms with Crippen molar-refractivity contribution in [3.63, 3.8) is 0 Å². The molecule has 10 heteroatoms. The summed E-state index contributed by atoms with van der Waals surface area (Å²) in [6.07, 6.45) is 4.13. The largest absolute Gasteiger partial charge is 0.444 e. The van der Waals surface area contributed by atoms with E-state index < -0.39 is 11.7 Å². The fraction of sp³-hybridized carbons (Fsp3) is 0.800. The maximum Gasteiger partial charge on any atom is 0.407 e. The van der Waals surface area contributed by atoms with Crippen molar-refractivity contribution in [1.29, 1.82) is 0 Å². The molecule has 1 aromatic heterocycles. The van der Waals surface area contributed by atoms with Crippen molar-refractivity contribution < 1.29 is 9.53 Å². The number of aliphatic imine (C=N–C) groups is 1. The molecule has 0 aromatic carbocycles. The highest BCUT2D eigenvalue weighted by atomic mass is 16.6. The second kappa shape index (κ2) is 11.6. The number of aryl methyl sites for hydroxylation is 2. The zero-order chi connectivity index (χ0) is 22.0. The first-order valence-electron chi connectivity index (χ1n) is 11.0. The van der Waals surface area contributed by atoms with Gasteiger partial charge >= 0.3 is 11.8 Å². The molecule has 1 aliphatic rings. The second-order valence-corrected chi connectivity index (χ2v) is 8.35. The number of ether oxygens (including phenoxy) is 1. The van der Waals surface area contributed by atoms with Gasteiger partial charge in [-0.3, -0.25) is 9.56 Å². The van der Waals surface area contributed by atoms with E-state index in [2.05, 4.69) is 26.0 Å². The summed E-state index contributed by atoms with van der Waals surface area (Å²) in [6.45, 7) is 11.4. The van der Waals surface area contributed by atoms with Crippen LogP contribution in [-0.2, 0) is 24.2 Å². The predicted molar refractivity (Wildman–Crippen MR) is 117 cm³/mol. The number of carbonyl (C=O) groups is 1. The predicted octanol–water partition coefficient (Wildman–Crippen LogP) is 1.24. The molecule has 2 heterocycles. The maximum atomic E-state index is 12.3. The molecule has 0 fully saturated rings. The molecule has 1 aliphatic heterocycles. The molecule has 2 rings (SSSR count). The highest BCUT2D eigenvalue weighted by Crippen LogP contribution is 2.09. The van der Waals surface area contributed by atoms with E-state index in [1.165, 1.54) is 0 Å². The van der Waals surface area contributed by atoms with E-state index in [0.717, 1.165) is 57.0 Å². The van der Waals surface area contributed by atoms with Gasteiger partial charge in [0.05, 0.1) is 0 Å². The minimum Gasteiger partial charge on any atom is -0.444 e. The molecule has 10 nitrogen and oxygen atoms in total. The Labute approximate surface area is 178 Å². The van der Waals surface area contributed by atoms with Gasteiger partial charge in [-0.1, -0.05) is 0 Å². The number of carbonyl (C=O) groups excluding carboxylic acids is 1. The van der Waals surface area contributed by atoms with Crippen LogP contribution in [-0.4, -0.2) is 58.2 Å². The number of hydrogen-bond donors (Lipinski definition) is 3. The summed E-state index contributed by atoms with van der Waals surface area (Å²) in [5, 5.41) is 13.6. The lowest BCUT2D eigenvalue weighted by atomic mass is 10.2. The van der Waals surface area contributed by atoms with Gasteiger partial charge in [0.1, 0.15) is 11.4 Å². The van der Waals surface area contributed by atoms with Gasteiger partial charge in [-0.05, 0) is 53.4 Å². The number of guanidine groups is 1. The van der Waals surface area contributed by atoms with Gasteiger partial charge in [0.2, 0.25) is 0 Å². The van der Waals surface area contributed by atoms with E-state index in [9.17, 15) is 9.59 Å². The van der Waals surface area contributed by atoms with Crippen molar-refractivity contribution >= 4 is 12.1 Å². The van der Waals surface area contributed by atoms with Crippen LogP contribution in [0.1, 0.15) is 59.2 Å². The number of alkyl carbamates (subject to hydrolysis) is 1. The lowest BCUT2D eigenvalue weighted by molar-refractivity contribution is 0.0527. The minimum absolute atomic E-state index is 0.00352. The third-order valence-electron chi connectivity index (χ3n) is 4.49. The van der Waals surface area contributed by atoms with E-state index >= 15 is 0 Å². The van der Waals surface area contributed by atoms with Crippen molar-refractivity contribution in [2.24, 2.45) is 4.99 Å². The van der Waals surface area contributed by atoms with Crippen LogP contribution in [0.25, 0.3) is 0 Å². The summed E-state index contributed by atoms with van der Waals surface area (Å²) in [6, 6.07) is 0. The minimum atomic E-state index is -0.492. The average Bonchev–Trinajstić information content (AvgIpc) is 2.99. The highest BCUT2D eigenvalue weighted by molar-refractivity contribution is 5.79. The number of hydrogen-bond acceptors (Lipinski definition) is 5. The molecule has 3 N–H and O–H groups in total. The van der Waals surface area contributed by atoms with Crippen LogP contribution < -0.4 is 21.6 Å². The topological polar surface area (TPSA) is 115 Å². The van der Waals surface area contributed by atoms with Crippen molar-refractivity contribution in [3.8, 4) is 0 Å². The Kier molecular flexibility index (Phi) is 9.19. The SMILES string of the molecule is CCNC(=NCCCn1nc2n(c1=O)CCCC2)NCCCNC(=O)OC(C)(C)C. The molecular weight excluding hydrogens is 386 g/mol. The average molecular weight is 424 g/mol. The third kappa shape index (κ3) is 8.08. The van der Waals surface area contributed by atoms with Gasteiger partial charge in [0.15, 0.2) is 5.96 Å². The van der Waals surface area contributed by atoms with E-state index in [0.29, 0.717) is 26.2 Å². The Morgan fingerprint density at radius 3 is 2.63 bits per heavy atom. The van der Waals surface area contributed by atoms with Crippen LogP contribution in [0, 0.1) is 0 Å². The monoisotopic (exact) mass is 423 g/mol. The second-order valence-electron chi connectivity index (χ2n) is 8.35. The van der Waals surface area contributed by atoms with E-state index in [1.54, 1.807) is 9.25 Å². The fourth-order valence-electron chi connectivity index (χ4n) is 3.15. The van der Waals surface area contributed by atoms with Gasteiger partial charge in [-0.15, -0.1) is 0 Å². The zero-order valence-electron chi connectivity index (χ0n) is 18.8. The Hall–Kier alpha value is -2.52. The van der Waals surface area contributed by atoms with Crippen LogP contribution in [0.15, 0.2) is 9.79 Å². The van der Waals surface area contributed by atoms with Gasteiger partial charge in [-0.2, -0.15) is 5.10 Å². The molecule has 0 aliphatic carbocycles. The van der Waals surface area contributed by atoms with Crippen molar-refractivity contribution in [2.75, 3.05) is 26.2 Å². The first-order valence-corrected chi connectivity index (χ1v) is 11.0. The molecule has 170 valence electrons. The fourth-order valence-corrected chi connectivity index (χ4v) is 3.15. The first kappa shape index (κ1) is 23.8. The van der Waals surface area contributed by atoms with Crippen molar-refractivity contribution in [3.05, 3.63) is 16.3 Å². The number of nitrogens with one attached hydrogen (secondary N) is 3. The number of amides is 1. The van der Waals surface area contributed by atoms with Crippen LogP contribution in [0.4, 0.5) is 4.79 Å². The van der Waals surface area contributed by atoms with Crippen LogP contribution in [0.3, 0.4) is 0 Å².